The van der Waals surface area contributed by atoms with Crippen LogP contribution in [0.1, 0.15) is 49.7 Å². The van der Waals surface area contributed by atoms with Crippen LogP contribution in [0.3, 0.4) is 0 Å². The van der Waals surface area contributed by atoms with E-state index in [1.807, 2.05) is 25.5 Å². The highest BCUT2D eigenvalue weighted by atomic mass is 16.5. The Balaban J connectivity index is 1.95. The Morgan fingerprint density at radius 1 is 1.53 bits per heavy atom. The number of carbonyl (C=O) groups is 1. The first-order valence-electron chi connectivity index (χ1n) is 7.17. The summed E-state index contributed by atoms with van der Waals surface area (Å²) in [5.74, 6) is 1.67. The SMILES string of the molecule is Cc1c(C(=O)OCC(C)C)cnn1CC1CC(C)C1. The number of hydrogen-bond donors (Lipinski definition) is 0. The fourth-order valence-electron chi connectivity index (χ4n) is 2.61. The average Bonchev–Trinajstić information content (AvgIpc) is 2.66. The molecule has 1 aromatic rings. The van der Waals surface area contributed by atoms with Crippen LogP contribution in [0.25, 0.3) is 0 Å². The maximum atomic E-state index is 11.9. The molecule has 1 aliphatic rings. The van der Waals surface area contributed by atoms with Crippen molar-refractivity contribution in [3.05, 3.63) is 17.5 Å². The molecule has 4 heteroatoms. The van der Waals surface area contributed by atoms with E-state index in [0.717, 1.165) is 18.2 Å². The molecule has 0 amide bonds. The molecule has 0 saturated heterocycles. The van der Waals surface area contributed by atoms with Gasteiger partial charge in [-0.05, 0) is 37.5 Å². The van der Waals surface area contributed by atoms with Gasteiger partial charge in [-0.1, -0.05) is 20.8 Å². The number of nitrogens with zero attached hydrogens (tertiary/aromatic N) is 2. The quantitative estimate of drug-likeness (QED) is 0.768. The Labute approximate surface area is 115 Å². The van der Waals surface area contributed by atoms with Gasteiger partial charge in [-0.25, -0.2) is 4.79 Å². The third-order valence-corrected chi connectivity index (χ3v) is 3.77. The van der Waals surface area contributed by atoms with Crippen LogP contribution in [-0.2, 0) is 11.3 Å². The van der Waals surface area contributed by atoms with Crippen molar-refractivity contribution in [3.8, 4) is 0 Å². The molecule has 0 atom stereocenters. The van der Waals surface area contributed by atoms with E-state index in [0.29, 0.717) is 24.0 Å². The van der Waals surface area contributed by atoms with E-state index < -0.39 is 0 Å². The van der Waals surface area contributed by atoms with Crippen molar-refractivity contribution in [1.29, 1.82) is 0 Å². The molecule has 0 bridgehead atoms. The molecule has 1 aliphatic carbocycles. The second-order valence-corrected chi connectivity index (χ2v) is 6.26. The number of hydrogen-bond acceptors (Lipinski definition) is 3. The van der Waals surface area contributed by atoms with Gasteiger partial charge in [-0.3, -0.25) is 4.68 Å². The topological polar surface area (TPSA) is 44.1 Å². The predicted molar refractivity (Wildman–Crippen MR) is 74.0 cm³/mol. The van der Waals surface area contributed by atoms with Crippen LogP contribution in [0.15, 0.2) is 6.20 Å². The number of esters is 1. The highest BCUT2D eigenvalue weighted by Gasteiger charge is 2.27. The Hall–Kier alpha value is -1.32. The molecule has 2 rings (SSSR count). The van der Waals surface area contributed by atoms with Gasteiger partial charge in [0.25, 0.3) is 0 Å². The molecule has 0 aliphatic heterocycles. The van der Waals surface area contributed by atoms with Crippen LogP contribution in [0, 0.1) is 24.7 Å². The maximum absolute atomic E-state index is 11.9. The van der Waals surface area contributed by atoms with Gasteiger partial charge in [0, 0.05) is 12.2 Å². The Morgan fingerprint density at radius 2 is 2.21 bits per heavy atom. The minimum Gasteiger partial charge on any atom is -0.462 e. The van der Waals surface area contributed by atoms with Crippen molar-refractivity contribution in [2.24, 2.45) is 17.8 Å². The first-order valence-corrected chi connectivity index (χ1v) is 7.17. The Kier molecular flexibility index (Phi) is 4.27. The predicted octanol–water partition coefficient (Wildman–Crippen LogP) is 3.05. The Morgan fingerprint density at radius 3 is 2.79 bits per heavy atom. The van der Waals surface area contributed by atoms with E-state index in [2.05, 4.69) is 12.0 Å². The third kappa shape index (κ3) is 3.37. The molecule has 1 saturated carbocycles. The summed E-state index contributed by atoms with van der Waals surface area (Å²) in [7, 11) is 0. The smallest absolute Gasteiger partial charge is 0.341 e. The molecular formula is C15H24N2O2. The van der Waals surface area contributed by atoms with Gasteiger partial charge in [-0.2, -0.15) is 5.10 Å². The third-order valence-electron chi connectivity index (χ3n) is 3.77. The lowest BCUT2D eigenvalue weighted by molar-refractivity contribution is 0.0457. The molecule has 0 N–H and O–H groups in total. The largest absolute Gasteiger partial charge is 0.462 e. The highest BCUT2D eigenvalue weighted by molar-refractivity contribution is 5.90. The van der Waals surface area contributed by atoms with Crippen molar-refractivity contribution in [2.45, 2.75) is 47.1 Å². The van der Waals surface area contributed by atoms with Crippen LogP contribution in [-0.4, -0.2) is 22.4 Å². The van der Waals surface area contributed by atoms with Gasteiger partial charge in [0.1, 0.15) is 5.56 Å². The fraction of sp³-hybridized carbons (Fsp3) is 0.733. The summed E-state index contributed by atoms with van der Waals surface area (Å²) in [6, 6.07) is 0. The van der Waals surface area contributed by atoms with Gasteiger partial charge < -0.3 is 4.74 Å². The molecule has 0 spiro atoms. The Bertz CT molecular complexity index is 445. The summed E-state index contributed by atoms with van der Waals surface area (Å²) in [6.07, 6.45) is 4.18. The summed E-state index contributed by atoms with van der Waals surface area (Å²) in [5, 5.41) is 4.33. The molecule has 0 radical (unpaired) electrons. The first kappa shape index (κ1) is 14.1. The van der Waals surface area contributed by atoms with E-state index >= 15 is 0 Å². The van der Waals surface area contributed by atoms with Crippen molar-refractivity contribution in [2.75, 3.05) is 6.61 Å². The second kappa shape index (κ2) is 5.76. The van der Waals surface area contributed by atoms with Crippen LogP contribution in [0.4, 0.5) is 0 Å². The van der Waals surface area contributed by atoms with Crippen LogP contribution in [0.2, 0.25) is 0 Å². The van der Waals surface area contributed by atoms with Crippen molar-refractivity contribution in [1.82, 2.24) is 9.78 Å². The second-order valence-electron chi connectivity index (χ2n) is 6.26. The number of rotatable bonds is 5. The summed E-state index contributed by atoms with van der Waals surface area (Å²) in [4.78, 5) is 11.9. The molecule has 0 aromatic carbocycles. The van der Waals surface area contributed by atoms with Crippen molar-refractivity contribution in [3.63, 3.8) is 0 Å². The van der Waals surface area contributed by atoms with E-state index in [1.54, 1.807) is 6.20 Å². The molecular weight excluding hydrogens is 240 g/mol. The minimum absolute atomic E-state index is 0.251. The van der Waals surface area contributed by atoms with Gasteiger partial charge in [0.2, 0.25) is 0 Å². The zero-order chi connectivity index (χ0) is 14.0. The van der Waals surface area contributed by atoms with E-state index in [9.17, 15) is 4.79 Å². The molecule has 4 nitrogen and oxygen atoms in total. The van der Waals surface area contributed by atoms with Crippen molar-refractivity contribution >= 4 is 5.97 Å². The highest BCUT2D eigenvalue weighted by Crippen LogP contribution is 2.34. The fourth-order valence-corrected chi connectivity index (χ4v) is 2.61. The van der Waals surface area contributed by atoms with Crippen LogP contribution < -0.4 is 0 Å². The zero-order valence-electron chi connectivity index (χ0n) is 12.3. The lowest BCUT2D eigenvalue weighted by Crippen LogP contribution is -2.26. The first-order chi connectivity index (χ1) is 8.97. The molecule has 0 unspecified atom stereocenters. The normalized spacial score (nSPS) is 22.4. The summed E-state index contributed by atoms with van der Waals surface area (Å²) < 4.78 is 7.20. The van der Waals surface area contributed by atoms with Gasteiger partial charge in [0.05, 0.1) is 12.8 Å². The zero-order valence-corrected chi connectivity index (χ0v) is 12.3. The van der Waals surface area contributed by atoms with E-state index in [4.69, 9.17) is 4.74 Å². The van der Waals surface area contributed by atoms with Gasteiger partial charge >= 0.3 is 5.97 Å². The van der Waals surface area contributed by atoms with Gasteiger partial charge in [0.15, 0.2) is 0 Å². The lowest BCUT2D eigenvalue weighted by atomic mass is 9.76. The minimum atomic E-state index is -0.251. The lowest BCUT2D eigenvalue weighted by Gasteiger charge is -2.32. The molecule has 19 heavy (non-hydrogen) atoms. The maximum Gasteiger partial charge on any atom is 0.341 e. The summed E-state index contributed by atoms with van der Waals surface area (Å²) >= 11 is 0. The number of carbonyl (C=O) groups excluding carboxylic acids is 1. The standard InChI is InChI=1S/C15H24N2O2/c1-10(2)9-19-15(18)14-7-16-17(12(14)4)8-13-5-11(3)6-13/h7,10-11,13H,5-6,8-9H2,1-4H3. The average molecular weight is 264 g/mol. The van der Waals surface area contributed by atoms with Gasteiger partial charge in [-0.15, -0.1) is 0 Å². The van der Waals surface area contributed by atoms with Crippen LogP contribution >= 0.6 is 0 Å². The van der Waals surface area contributed by atoms with E-state index in [-0.39, 0.29) is 5.97 Å². The van der Waals surface area contributed by atoms with Crippen molar-refractivity contribution < 1.29 is 9.53 Å². The van der Waals surface area contributed by atoms with Crippen LogP contribution in [0.5, 0.6) is 0 Å². The molecule has 1 heterocycles. The summed E-state index contributed by atoms with van der Waals surface area (Å²) in [5.41, 5.74) is 1.53. The molecule has 1 fully saturated rings. The number of ether oxygens (including phenoxy) is 1. The number of aromatic nitrogens is 2. The van der Waals surface area contributed by atoms with E-state index in [1.165, 1.54) is 12.8 Å². The molecule has 1 aromatic heterocycles. The summed E-state index contributed by atoms with van der Waals surface area (Å²) in [6.45, 7) is 9.67. The monoisotopic (exact) mass is 264 g/mol. The molecule has 106 valence electrons.